The van der Waals surface area contributed by atoms with Crippen molar-refractivity contribution in [1.29, 1.82) is 5.26 Å². The topological polar surface area (TPSA) is 73.6 Å². The quantitative estimate of drug-likeness (QED) is 0.815. The van der Waals surface area contributed by atoms with Gasteiger partial charge in [-0.15, -0.1) is 0 Å². The number of sulfonamides is 1. The van der Waals surface area contributed by atoms with Crippen molar-refractivity contribution < 1.29 is 13.2 Å². The van der Waals surface area contributed by atoms with Crippen LogP contribution < -0.4 is 4.74 Å². The highest BCUT2D eigenvalue weighted by Crippen LogP contribution is 2.24. The van der Waals surface area contributed by atoms with Gasteiger partial charge in [-0.2, -0.15) is 9.57 Å². The highest BCUT2D eigenvalue weighted by molar-refractivity contribution is 7.88. The lowest BCUT2D eigenvalue weighted by Crippen LogP contribution is -2.49. The molecule has 1 heterocycles. The van der Waals surface area contributed by atoms with Crippen molar-refractivity contribution in [2.45, 2.75) is 13.0 Å². The Kier molecular flexibility index (Phi) is 5.40. The normalized spacial score (nSPS) is 18.6. The summed E-state index contributed by atoms with van der Waals surface area (Å²) in [5.41, 5.74) is 0.902. The third-order valence-electron chi connectivity index (χ3n) is 3.74. The molecule has 1 unspecified atom stereocenters. The Hall–Kier alpha value is -1.62. The van der Waals surface area contributed by atoms with Crippen LogP contribution in [0.15, 0.2) is 24.3 Å². The predicted molar refractivity (Wildman–Crippen MR) is 84.0 cm³/mol. The zero-order valence-electron chi connectivity index (χ0n) is 12.9. The van der Waals surface area contributed by atoms with Crippen LogP contribution in [0.4, 0.5) is 0 Å². The first kappa shape index (κ1) is 16.7. The Bertz CT molecular complexity index is 629. The first-order valence-corrected chi connectivity index (χ1v) is 9.12. The standard InChI is InChI=1S/C15H21N3O3S/c1-3-21-14-6-4-13(5-7-14)15(12-16)17-8-10-18(11-9-17)22(2,19)20/h4-7,15H,3,8-11H2,1-2H3. The molecular weight excluding hydrogens is 302 g/mol. The summed E-state index contributed by atoms with van der Waals surface area (Å²) in [6.45, 7) is 4.49. The van der Waals surface area contributed by atoms with Crippen molar-refractivity contribution >= 4 is 10.0 Å². The molecule has 0 aliphatic carbocycles. The van der Waals surface area contributed by atoms with Crippen molar-refractivity contribution in [2.75, 3.05) is 39.0 Å². The molecule has 6 nitrogen and oxygen atoms in total. The summed E-state index contributed by atoms with van der Waals surface area (Å²) in [6, 6.07) is 9.44. The Morgan fingerprint density at radius 3 is 2.27 bits per heavy atom. The Balaban J connectivity index is 2.05. The van der Waals surface area contributed by atoms with Crippen molar-refractivity contribution in [2.24, 2.45) is 0 Å². The lowest BCUT2D eigenvalue weighted by Gasteiger charge is -2.35. The van der Waals surface area contributed by atoms with E-state index >= 15 is 0 Å². The third kappa shape index (κ3) is 3.97. The summed E-state index contributed by atoms with van der Waals surface area (Å²) in [4.78, 5) is 2.01. The lowest BCUT2D eigenvalue weighted by atomic mass is 10.1. The van der Waals surface area contributed by atoms with Crippen LogP contribution in [0.2, 0.25) is 0 Å². The van der Waals surface area contributed by atoms with Gasteiger partial charge in [0.05, 0.1) is 18.9 Å². The summed E-state index contributed by atoms with van der Waals surface area (Å²) in [5, 5.41) is 9.48. The predicted octanol–water partition coefficient (Wildman–Crippen LogP) is 1.23. The lowest BCUT2D eigenvalue weighted by molar-refractivity contribution is 0.163. The van der Waals surface area contributed by atoms with E-state index in [-0.39, 0.29) is 6.04 Å². The van der Waals surface area contributed by atoms with Crippen LogP contribution in [-0.2, 0) is 10.0 Å². The summed E-state index contributed by atoms with van der Waals surface area (Å²) in [6.07, 6.45) is 1.22. The number of hydrogen-bond acceptors (Lipinski definition) is 5. The third-order valence-corrected chi connectivity index (χ3v) is 5.04. The molecule has 0 aromatic heterocycles. The second-order valence-electron chi connectivity index (χ2n) is 5.23. The van der Waals surface area contributed by atoms with Gasteiger partial charge in [-0.1, -0.05) is 12.1 Å². The second-order valence-corrected chi connectivity index (χ2v) is 7.21. The van der Waals surface area contributed by atoms with Gasteiger partial charge in [0.15, 0.2) is 0 Å². The number of piperazine rings is 1. The molecule has 0 amide bonds. The van der Waals surface area contributed by atoms with E-state index in [9.17, 15) is 13.7 Å². The van der Waals surface area contributed by atoms with E-state index in [0.717, 1.165) is 11.3 Å². The first-order chi connectivity index (χ1) is 10.5. The fourth-order valence-corrected chi connectivity index (χ4v) is 3.40. The Morgan fingerprint density at radius 1 is 1.23 bits per heavy atom. The largest absolute Gasteiger partial charge is 0.494 e. The van der Waals surface area contributed by atoms with E-state index in [1.807, 2.05) is 36.1 Å². The van der Waals surface area contributed by atoms with E-state index in [0.29, 0.717) is 32.8 Å². The number of rotatable bonds is 5. The van der Waals surface area contributed by atoms with Gasteiger partial charge in [-0.25, -0.2) is 8.42 Å². The van der Waals surface area contributed by atoms with Crippen molar-refractivity contribution in [1.82, 2.24) is 9.21 Å². The molecule has 0 N–H and O–H groups in total. The molecule has 0 saturated carbocycles. The molecule has 7 heteroatoms. The van der Waals surface area contributed by atoms with E-state index < -0.39 is 10.0 Å². The van der Waals surface area contributed by atoms with E-state index in [2.05, 4.69) is 6.07 Å². The highest BCUT2D eigenvalue weighted by Gasteiger charge is 2.28. The number of benzene rings is 1. The van der Waals surface area contributed by atoms with Crippen LogP contribution in [-0.4, -0.2) is 56.7 Å². The zero-order valence-corrected chi connectivity index (χ0v) is 13.7. The van der Waals surface area contributed by atoms with Gasteiger partial charge in [0, 0.05) is 26.2 Å². The fourth-order valence-electron chi connectivity index (χ4n) is 2.57. The summed E-state index contributed by atoms with van der Waals surface area (Å²) in [5.74, 6) is 0.782. The Labute approximate surface area is 131 Å². The van der Waals surface area contributed by atoms with E-state index in [1.165, 1.54) is 10.6 Å². The molecule has 22 heavy (non-hydrogen) atoms. The summed E-state index contributed by atoms with van der Waals surface area (Å²) >= 11 is 0. The molecule has 1 aliphatic heterocycles. The Morgan fingerprint density at radius 2 is 1.82 bits per heavy atom. The number of nitriles is 1. The minimum atomic E-state index is -3.15. The average Bonchev–Trinajstić information content (AvgIpc) is 2.50. The van der Waals surface area contributed by atoms with Crippen LogP contribution in [0.5, 0.6) is 5.75 Å². The van der Waals surface area contributed by atoms with Gasteiger partial charge in [-0.05, 0) is 24.6 Å². The van der Waals surface area contributed by atoms with Crippen LogP contribution in [0.1, 0.15) is 18.5 Å². The fraction of sp³-hybridized carbons (Fsp3) is 0.533. The van der Waals surface area contributed by atoms with Crippen LogP contribution >= 0.6 is 0 Å². The minimum absolute atomic E-state index is 0.364. The zero-order chi connectivity index (χ0) is 16.2. The van der Waals surface area contributed by atoms with Crippen LogP contribution in [0.3, 0.4) is 0 Å². The van der Waals surface area contributed by atoms with Crippen molar-refractivity contribution in [3.8, 4) is 11.8 Å². The molecule has 1 aromatic carbocycles. The number of ether oxygens (including phenoxy) is 1. The van der Waals surface area contributed by atoms with Crippen LogP contribution in [0, 0.1) is 11.3 Å². The molecule has 1 aliphatic rings. The molecule has 0 bridgehead atoms. The molecule has 2 rings (SSSR count). The number of nitrogens with zero attached hydrogens (tertiary/aromatic N) is 3. The molecular formula is C15H21N3O3S. The average molecular weight is 323 g/mol. The molecule has 0 radical (unpaired) electrons. The minimum Gasteiger partial charge on any atom is -0.494 e. The molecule has 1 saturated heterocycles. The maximum Gasteiger partial charge on any atom is 0.211 e. The molecule has 1 atom stereocenters. The van der Waals surface area contributed by atoms with Gasteiger partial charge in [0.25, 0.3) is 0 Å². The molecule has 0 spiro atoms. The smallest absolute Gasteiger partial charge is 0.211 e. The van der Waals surface area contributed by atoms with Gasteiger partial charge in [0.1, 0.15) is 11.8 Å². The number of hydrogen-bond donors (Lipinski definition) is 0. The second kappa shape index (κ2) is 7.09. The maximum absolute atomic E-state index is 11.5. The first-order valence-electron chi connectivity index (χ1n) is 7.27. The summed E-state index contributed by atoms with van der Waals surface area (Å²) in [7, 11) is -3.15. The van der Waals surface area contributed by atoms with Gasteiger partial charge in [-0.3, -0.25) is 4.90 Å². The van der Waals surface area contributed by atoms with Gasteiger partial charge < -0.3 is 4.74 Å². The van der Waals surface area contributed by atoms with Crippen molar-refractivity contribution in [3.63, 3.8) is 0 Å². The molecule has 1 fully saturated rings. The van der Waals surface area contributed by atoms with Gasteiger partial charge >= 0.3 is 0 Å². The van der Waals surface area contributed by atoms with Gasteiger partial charge in [0.2, 0.25) is 10.0 Å². The molecule has 120 valence electrons. The monoisotopic (exact) mass is 323 g/mol. The maximum atomic E-state index is 11.5. The highest BCUT2D eigenvalue weighted by atomic mass is 32.2. The molecule has 1 aromatic rings. The summed E-state index contributed by atoms with van der Waals surface area (Å²) < 4.78 is 29.9. The van der Waals surface area contributed by atoms with Crippen LogP contribution in [0.25, 0.3) is 0 Å². The van der Waals surface area contributed by atoms with Crippen molar-refractivity contribution in [3.05, 3.63) is 29.8 Å². The van der Waals surface area contributed by atoms with E-state index in [1.54, 1.807) is 0 Å². The van der Waals surface area contributed by atoms with E-state index in [4.69, 9.17) is 4.74 Å². The SMILES string of the molecule is CCOc1ccc(C(C#N)N2CCN(S(C)(=O)=O)CC2)cc1.